The zero-order valence-electron chi connectivity index (χ0n) is 21.5. The van der Waals surface area contributed by atoms with Crippen molar-refractivity contribution >= 4 is 50.7 Å². The molecule has 0 aliphatic heterocycles. The SMILES string of the molecule is COc1ccc(-c2cc[n+](C)cc2)cc1CN(C(=O)c1sc2c(F)ccc(F)c2c1Cl)[C@H]1CC[C@@H](NCl)CC1. The molecule has 1 fully saturated rings. The number of halogens is 4. The number of ether oxygens (including phenoxy) is 1. The van der Waals surface area contributed by atoms with Crippen LogP contribution in [0.2, 0.25) is 5.02 Å². The van der Waals surface area contributed by atoms with Gasteiger partial charge in [0.1, 0.15) is 29.3 Å². The van der Waals surface area contributed by atoms with Crippen LogP contribution in [0.3, 0.4) is 0 Å². The number of thiophene rings is 1. The maximum absolute atomic E-state index is 14.6. The van der Waals surface area contributed by atoms with Crippen LogP contribution in [-0.4, -0.2) is 30.0 Å². The number of hydrogen-bond acceptors (Lipinski definition) is 4. The summed E-state index contributed by atoms with van der Waals surface area (Å²) in [5.41, 5.74) is 2.84. The maximum Gasteiger partial charge on any atom is 0.266 e. The lowest BCUT2D eigenvalue weighted by molar-refractivity contribution is -0.671. The van der Waals surface area contributed by atoms with Crippen molar-refractivity contribution in [2.24, 2.45) is 7.05 Å². The van der Waals surface area contributed by atoms with E-state index in [1.807, 2.05) is 54.3 Å². The molecule has 0 bridgehead atoms. The number of fused-ring (bicyclic) bond motifs is 1. The summed E-state index contributed by atoms with van der Waals surface area (Å²) in [6.07, 6.45) is 6.97. The third-order valence-electron chi connectivity index (χ3n) is 7.36. The van der Waals surface area contributed by atoms with Crippen molar-refractivity contribution in [1.29, 1.82) is 0 Å². The predicted molar refractivity (Wildman–Crippen MR) is 151 cm³/mol. The van der Waals surface area contributed by atoms with E-state index in [4.69, 9.17) is 28.1 Å². The maximum atomic E-state index is 14.6. The topological polar surface area (TPSA) is 45.5 Å². The van der Waals surface area contributed by atoms with Crippen molar-refractivity contribution in [3.8, 4) is 16.9 Å². The number of aromatic nitrogens is 1. The first-order valence-corrected chi connectivity index (χ1v) is 14.2. The Bertz CT molecular complexity index is 1500. The van der Waals surface area contributed by atoms with Crippen LogP contribution in [0.1, 0.15) is 40.9 Å². The van der Waals surface area contributed by atoms with Crippen molar-refractivity contribution in [2.75, 3.05) is 7.11 Å². The second-order valence-electron chi connectivity index (χ2n) is 9.81. The quantitative estimate of drug-likeness (QED) is 0.186. The molecule has 1 saturated carbocycles. The molecule has 0 unspecified atom stereocenters. The number of nitrogens with zero attached hydrogens (tertiary/aromatic N) is 2. The molecule has 2 heterocycles. The van der Waals surface area contributed by atoms with Crippen molar-refractivity contribution in [3.05, 3.63) is 82.0 Å². The summed E-state index contributed by atoms with van der Waals surface area (Å²) in [6, 6.07) is 12.1. The third-order valence-corrected chi connectivity index (χ3v) is 9.35. The fourth-order valence-electron chi connectivity index (χ4n) is 5.19. The van der Waals surface area contributed by atoms with Gasteiger partial charge in [-0.1, -0.05) is 17.7 Å². The zero-order valence-corrected chi connectivity index (χ0v) is 23.8. The predicted octanol–water partition coefficient (Wildman–Crippen LogP) is 7.03. The monoisotopic (exact) mass is 590 g/mol. The Balaban J connectivity index is 1.55. The first kappa shape index (κ1) is 27.8. The van der Waals surface area contributed by atoms with Crippen LogP contribution in [0.25, 0.3) is 21.2 Å². The van der Waals surface area contributed by atoms with Gasteiger partial charge in [-0.05, 0) is 72.9 Å². The van der Waals surface area contributed by atoms with Gasteiger partial charge in [-0.2, -0.15) is 0 Å². The summed E-state index contributed by atoms with van der Waals surface area (Å²) < 4.78 is 36.8. The highest BCUT2D eigenvalue weighted by atomic mass is 35.5. The van der Waals surface area contributed by atoms with Crippen LogP contribution in [0, 0.1) is 11.6 Å². The molecular weight excluding hydrogens is 563 g/mol. The Morgan fingerprint density at radius 3 is 2.41 bits per heavy atom. The Morgan fingerprint density at radius 1 is 1.08 bits per heavy atom. The van der Waals surface area contributed by atoms with E-state index in [1.54, 1.807) is 12.0 Å². The zero-order chi connectivity index (χ0) is 27.7. The molecule has 0 radical (unpaired) electrons. The van der Waals surface area contributed by atoms with Crippen LogP contribution < -0.4 is 14.1 Å². The second-order valence-corrected chi connectivity index (χ2v) is 11.4. The second kappa shape index (κ2) is 11.8. The summed E-state index contributed by atoms with van der Waals surface area (Å²) in [4.78, 5) is 18.8. The molecule has 0 atom stereocenters. The van der Waals surface area contributed by atoms with Gasteiger partial charge in [0.15, 0.2) is 12.4 Å². The summed E-state index contributed by atoms with van der Waals surface area (Å²) >= 11 is 13.3. The van der Waals surface area contributed by atoms with Crippen LogP contribution in [0.4, 0.5) is 8.78 Å². The Hall–Kier alpha value is -2.78. The van der Waals surface area contributed by atoms with E-state index in [0.717, 1.165) is 65.8 Å². The van der Waals surface area contributed by atoms with Crippen LogP contribution in [-0.2, 0) is 13.6 Å². The average molecular weight is 592 g/mol. The number of nitrogens with one attached hydrogen (secondary N) is 1. The highest BCUT2D eigenvalue weighted by molar-refractivity contribution is 7.21. The van der Waals surface area contributed by atoms with E-state index in [2.05, 4.69) is 4.84 Å². The summed E-state index contributed by atoms with van der Waals surface area (Å²) in [5.74, 6) is -0.976. The van der Waals surface area contributed by atoms with Gasteiger partial charge in [-0.25, -0.2) is 18.2 Å². The molecule has 1 amide bonds. The number of carbonyl (C=O) groups excluding carboxylic acids is 1. The van der Waals surface area contributed by atoms with E-state index in [9.17, 15) is 13.6 Å². The summed E-state index contributed by atoms with van der Waals surface area (Å²) in [5, 5.41) is -0.118. The molecule has 2 aromatic carbocycles. The molecule has 39 heavy (non-hydrogen) atoms. The lowest BCUT2D eigenvalue weighted by Crippen LogP contribution is -2.43. The van der Waals surface area contributed by atoms with Crippen molar-refractivity contribution in [3.63, 3.8) is 0 Å². The van der Waals surface area contributed by atoms with Gasteiger partial charge < -0.3 is 9.64 Å². The van der Waals surface area contributed by atoms with Crippen LogP contribution in [0.5, 0.6) is 5.75 Å². The molecule has 10 heteroatoms. The summed E-state index contributed by atoms with van der Waals surface area (Å²) in [6.45, 7) is 0.246. The minimum absolute atomic E-state index is 0.0372. The number of aryl methyl sites for hydroxylation is 1. The first-order chi connectivity index (χ1) is 18.8. The Labute approximate surface area is 240 Å². The molecule has 5 rings (SSSR count). The number of hydrogen-bond donors (Lipinski definition) is 1. The number of carbonyl (C=O) groups is 1. The molecule has 1 aliphatic carbocycles. The largest absolute Gasteiger partial charge is 0.496 e. The number of benzene rings is 2. The molecule has 1 N–H and O–H groups in total. The highest BCUT2D eigenvalue weighted by Gasteiger charge is 2.33. The van der Waals surface area contributed by atoms with Gasteiger partial charge in [0.25, 0.3) is 5.91 Å². The van der Waals surface area contributed by atoms with Crippen LogP contribution in [0.15, 0.2) is 54.9 Å². The molecule has 4 aromatic rings. The smallest absolute Gasteiger partial charge is 0.266 e. The highest BCUT2D eigenvalue weighted by Crippen LogP contribution is 2.40. The molecule has 5 nitrogen and oxygen atoms in total. The first-order valence-electron chi connectivity index (χ1n) is 12.7. The van der Waals surface area contributed by atoms with Gasteiger partial charge in [0.2, 0.25) is 0 Å². The fourth-order valence-corrected chi connectivity index (χ4v) is 6.91. The van der Waals surface area contributed by atoms with E-state index < -0.39 is 11.6 Å². The minimum Gasteiger partial charge on any atom is -0.496 e. The third kappa shape index (κ3) is 5.61. The Morgan fingerprint density at radius 2 is 1.77 bits per heavy atom. The molecule has 0 saturated heterocycles. The summed E-state index contributed by atoms with van der Waals surface area (Å²) in [7, 11) is 3.55. The molecule has 2 aromatic heterocycles. The lowest BCUT2D eigenvalue weighted by Gasteiger charge is -2.37. The molecule has 0 spiro atoms. The van der Waals surface area contributed by atoms with Gasteiger partial charge in [-0.15, -0.1) is 11.3 Å². The molecule has 204 valence electrons. The Kier molecular flexibility index (Phi) is 8.38. The van der Waals surface area contributed by atoms with Crippen molar-refractivity contribution in [2.45, 2.75) is 44.3 Å². The van der Waals surface area contributed by atoms with Gasteiger partial charge in [0, 0.05) is 36.3 Å². The molecular formula is C29H28Cl2F2N3O2S+. The minimum atomic E-state index is -0.655. The van der Waals surface area contributed by atoms with Crippen LogP contribution >= 0.6 is 34.7 Å². The normalized spacial score (nSPS) is 17.4. The van der Waals surface area contributed by atoms with E-state index in [0.29, 0.717) is 5.75 Å². The average Bonchev–Trinajstić information content (AvgIpc) is 3.32. The number of pyridine rings is 1. The van der Waals surface area contributed by atoms with E-state index >= 15 is 0 Å². The van der Waals surface area contributed by atoms with E-state index in [-0.39, 0.29) is 44.5 Å². The number of rotatable bonds is 7. The number of amides is 1. The molecule has 1 aliphatic rings. The van der Waals surface area contributed by atoms with Crippen molar-refractivity contribution in [1.82, 2.24) is 9.74 Å². The van der Waals surface area contributed by atoms with Gasteiger partial charge in [0.05, 0.1) is 22.2 Å². The van der Waals surface area contributed by atoms with Gasteiger partial charge in [-0.3, -0.25) is 4.79 Å². The van der Waals surface area contributed by atoms with Crippen molar-refractivity contribution < 1.29 is 22.9 Å². The number of methoxy groups -OCH3 is 1. The fraction of sp³-hybridized carbons (Fsp3) is 0.310. The lowest BCUT2D eigenvalue weighted by atomic mass is 9.90. The standard InChI is InChI=1S/C29H28Cl2F2N3O2S/c1-35-13-11-17(12-14-35)18-3-10-24(38-2)19(15-18)16-36(21-6-4-20(34-31)5-7-21)29(37)28-26(30)25-22(32)8-9-23(33)27(25)39-28/h3,8-15,20-21,34H,4-7,16H2,1-2H3/q+1/t20-,21+. The van der Waals surface area contributed by atoms with E-state index in [1.165, 1.54) is 0 Å². The van der Waals surface area contributed by atoms with Gasteiger partial charge >= 0.3 is 0 Å².